The van der Waals surface area contributed by atoms with Gasteiger partial charge in [-0.2, -0.15) is 0 Å². The van der Waals surface area contributed by atoms with Gasteiger partial charge in [0, 0.05) is 32.1 Å². The molecule has 3 rings (SSSR count). The number of ether oxygens (including phenoxy) is 2. The Morgan fingerprint density at radius 3 is 2.55 bits per heavy atom. The van der Waals surface area contributed by atoms with Gasteiger partial charge in [0.25, 0.3) is 0 Å². The normalized spacial score (nSPS) is 22.6. The maximum Gasteiger partial charge on any atom is 0.232 e. The van der Waals surface area contributed by atoms with Crippen LogP contribution in [0.3, 0.4) is 0 Å². The molecular weight excluding hydrogens is 372 g/mol. The molecule has 2 aliphatic rings. The van der Waals surface area contributed by atoms with E-state index in [-0.39, 0.29) is 24.0 Å². The van der Waals surface area contributed by atoms with E-state index in [9.17, 15) is 4.79 Å². The fourth-order valence-corrected chi connectivity index (χ4v) is 3.87. The van der Waals surface area contributed by atoms with E-state index in [0.717, 1.165) is 55.8 Å². The van der Waals surface area contributed by atoms with Crippen LogP contribution in [-0.4, -0.2) is 61.2 Å². The van der Waals surface area contributed by atoms with Gasteiger partial charge < -0.3 is 25.5 Å². The molecule has 9 heteroatoms. The lowest BCUT2D eigenvalue weighted by molar-refractivity contribution is -0.131. The van der Waals surface area contributed by atoms with E-state index in [1.54, 1.807) is 14.2 Å². The molecule has 0 bridgehead atoms. The van der Waals surface area contributed by atoms with Crippen LogP contribution in [0.15, 0.2) is 23.3 Å². The van der Waals surface area contributed by atoms with Gasteiger partial charge in [0.1, 0.15) is 6.10 Å². The van der Waals surface area contributed by atoms with Crippen molar-refractivity contribution >= 4 is 11.9 Å². The number of hydrogen-bond acceptors (Lipinski definition) is 6. The van der Waals surface area contributed by atoms with Gasteiger partial charge in [-0.25, -0.2) is 5.84 Å². The molecule has 160 valence electrons. The van der Waals surface area contributed by atoms with Crippen molar-refractivity contribution in [2.75, 3.05) is 27.2 Å². The maximum atomic E-state index is 12.6. The van der Waals surface area contributed by atoms with Crippen molar-refractivity contribution in [1.29, 1.82) is 0 Å². The first-order valence-electron chi connectivity index (χ1n) is 10.0. The first-order valence-corrected chi connectivity index (χ1v) is 10.0. The number of rotatable bonds is 5. The van der Waals surface area contributed by atoms with Gasteiger partial charge in [0.15, 0.2) is 11.5 Å². The number of benzene rings is 1. The maximum absolute atomic E-state index is 12.6. The minimum absolute atomic E-state index is 0.00479. The molecule has 1 aromatic carbocycles. The van der Waals surface area contributed by atoms with Crippen molar-refractivity contribution in [3.63, 3.8) is 0 Å². The number of aryl methyl sites for hydroxylation is 1. The number of nitrogens with zero attached hydrogens (tertiary/aromatic N) is 3. The molecule has 1 saturated carbocycles. The molecule has 0 radical (unpaired) electrons. The standard InChI is InChI=1S/C20H32N6O3/c1-13-4-5-17(28-3)18(10-13)29-16-11-14(12-16)19(27)23-15-6-8-26(9-7-15)20(24-21)25(2)22/h4-5,10,14-16H,6-9,11-12,21-22H2,1-3H3,(H,23,27)/b24-20+. The molecule has 0 unspecified atom stereocenters. The van der Waals surface area contributed by atoms with Crippen LogP contribution in [0, 0.1) is 12.8 Å². The Balaban J connectivity index is 1.42. The van der Waals surface area contributed by atoms with Crippen LogP contribution in [0.25, 0.3) is 0 Å². The van der Waals surface area contributed by atoms with Gasteiger partial charge in [-0.3, -0.25) is 9.80 Å². The van der Waals surface area contributed by atoms with Crippen LogP contribution in [0.2, 0.25) is 0 Å². The summed E-state index contributed by atoms with van der Waals surface area (Å²) in [5, 5.41) is 8.34. The molecule has 1 heterocycles. The van der Waals surface area contributed by atoms with Crippen molar-refractivity contribution < 1.29 is 14.3 Å². The molecule has 1 aliphatic carbocycles. The highest BCUT2D eigenvalue weighted by atomic mass is 16.5. The number of amides is 1. The summed E-state index contributed by atoms with van der Waals surface area (Å²) in [5.41, 5.74) is 1.12. The molecule has 9 nitrogen and oxygen atoms in total. The number of piperidine rings is 1. The summed E-state index contributed by atoms with van der Waals surface area (Å²) in [7, 11) is 3.34. The van der Waals surface area contributed by atoms with E-state index >= 15 is 0 Å². The predicted molar refractivity (Wildman–Crippen MR) is 111 cm³/mol. The number of nitrogens with two attached hydrogens (primary N) is 2. The van der Waals surface area contributed by atoms with Crippen LogP contribution < -0.4 is 26.5 Å². The Labute approximate surface area is 172 Å². The molecule has 1 saturated heterocycles. The molecule has 1 aliphatic heterocycles. The minimum Gasteiger partial charge on any atom is -0.493 e. The Kier molecular flexibility index (Phi) is 6.68. The Bertz CT molecular complexity index is 740. The average Bonchev–Trinajstić information content (AvgIpc) is 2.66. The van der Waals surface area contributed by atoms with Crippen molar-refractivity contribution in [3.05, 3.63) is 23.8 Å². The summed E-state index contributed by atoms with van der Waals surface area (Å²) < 4.78 is 11.4. The molecule has 29 heavy (non-hydrogen) atoms. The summed E-state index contributed by atoms with van der Waals surface area (Å²) in [6.07, 6.45) is 3.18. The van der Waals surface area contributed by atoms with Crippen molar-refractivity contribution in [2.45, 2.75) is 44.8 Å². The van der Waals surface area contributed by atoms with Gasteiger partial charge in [0.05, 0.1) is 7.11 Å². The summed E-state index contributed by atoms with van der Waals surface area (Å²) in [6.45, 7) is 3.53. The van der Waals surface area contributed by atoms with Gasteiger partial charge in [0.2, 0.25) is 11.9 Å². The molecule has 0 spiro atoms. The van der Waals surface area contributed by atoms with Crippen LogP contribution in [0.5, 0.6) is 11.5 Å². The first kappa shape index (κ1) is 21.0. The lowest BCUT2D eigenvalue weighted by Gasteiger charge is -2.38. The van der Waals surface area contributed by atoms with Crippen molar-refractivity contribution in [3.8, 4) is 11.5 Å². The summed E-state index contributed by atoms with van der Waals surface area (Å²) >= 11 is 0. The molecule has 2 fully saturated rings. The topological polar surface area (TPSA) is 118 Å². The highest BCUT2D eigenvalue weighted by molar-refractivity contribution is 5.80. The second kappa shape index (κ2) is 9.21. The van der Waals surface area contributed by atoms with Crippen molar-refractivity contribution in [2.24, 2.45) is 22.7 Å². The second-order valence-electron chi connectivity index (χ2n) is 7.87. The van der Waals surface area contributed by atoms with E-state index in [0.29, 0.717) is 5.96 Å². The zero-order chi connectivity index (χ0) is 21.0. The number of hydrogen-bond donors (Lipinski definition) is 3. The number of likely N-dealkylation sites (tertiary alicyclic amines) is 1. The summed E-state index contributed by atoms with van der Waals surface area (Å²) in [6, 6.07) is 6.03. The third kappa shape index (κ3) is 5.03. The van der Waals surface area contributed by atoms with Crippen LogP contribution in [-0.2, 0) is 4.79 Å². The number of guanidine groups is 1. The first-order chi connectivity index (χ1) is 13.9. The Morgan fingerprint density at radius 2 is 1.97 bits per heavy atom. The Morgan fingerprint density at radius 1 is 1.28 bits per heavy atom. The van der Waals surface area contributed by atoms with E-state index in [4.69, 9.17) is 21.2 Å². The molecule has 0 atom stereocenters. The Hall–Kier alpha value is -2.68. The fourth-order valence-electron chi connectivity index (χ4n) is 3.87. The van der Waals surface area contributed by atoms with Gasteiger partial charge in [-0.05, 0) is 50.3 Å². The van der Waals surface area contributed by atoms with E-state index < -0.39 is 0 Å². The van der Waals surface area contributed by atoms with E-state index in [1.807, 2.05) is 30.0 Å². The third-order valence-corrected chi connectivity index (χ3v) is 5.63. The smallest absolute Gasteiger partial charge is 0.232 e. The van der Waals surface area contributed by atoms with Gasteiger partial charge in [-0.1, -0.05) is 6.07 Å². The fraction of sp³-hybridized carbons (Fsp3) is 0.600. The number of hydrazone groups is 1. The number of carbonyl (C=O) groups is 1. The van der Waals surface area contributed by atoms with E-state index in [2.05, 4.69) is 10.4 Å². The number of methoxy groups -OCH3 is 1. The zero-order valence-electron chi connectivity index (χ0n) is 17.4. The molecule has 0 aromatic heterocycles. The number of carbonyl (C=O) groups excluding carboxylic acids is 1. The second-order valence-corrected chi connectivity index (χ2v) is 7.87. The molecule has 1 aromatic rings. The largest absolute Gasteiger partial charge is 0.493 e. The minimum atomic E-state index is 0.00479. The van der Waals surface area contributed by atoms with Crippen LogP contribution in [0.4, 0.5) is 0 Å². The molecule has 1 amide bonds. The SMILES string of the molecule is COc1ccc(C)cc1OC1CC(C(=O)NC2CCN(/C(=N/N)N(C)N)CC2)C1. The monoisotopic (exact) mass is 404 g/mol. The lowest BCUT2D eigenvalue weighted by Crippen LogP contribution is -2.54. The summed E-state index contributed by atoms with van der Waals surface area (Å²) in [4.78, 5) is 14.6. The number of hydrazine groups is 1. The quantitative estimate of drug-likeness (QED) is 0.287. The van der Waals surface area contributed by atoms with Gasteiger partial charge in [-0.15, -0.1) is 5.10 Å². The molecule has 5 N–H and O–H groups in total. The predicted octanol–water partition coefficient (Wildman–Crippen LogP) is 0.777. The average molecular weight is 405 g/mol. The number of nitrogens with one attached hydrogen (secondary N) is 1. The zero-order valence-corrected chi connectivity index (χ0v) is 17.4. The van der Waals surface area contributed by atoms with E-state index in [1.165, 1.54) is 5.01 Å². The highest BCUT2D eigenvalue weighted by Gasteiger charge is 2.37. The third-order valence-electron chi connectivity index (χ3n) is 5.63. The highest BCUT2D eigenvalue weighted by Crippen LogP contribution is 2.36. The van der Waals surface area contributed by atoms with Crippen LogP contribution >= 0.6 is 0 Å². The summed E-state index contributed by atoms with van der Waals surface area (Å²) in [5.74, 6) is 13.3. The van der Waals surface area contributed by atoms with Crippen LogP contribution in [0.1, 0.15) is 31.2 Å². The van der Waals surface area contributed by atoms with Gasteiger partial charge >= 0.3 is 0 Å². The lowest BCUT2D eigenvalue weighted by atomic mass is 9.81. The van der Waals surface area contributed by atoms with Crippen molar-refractivity contribution in [1.82, 2.24) is 15.2 Å². The molecular formula is C20H32N6O3.